The van der Waals surface area contributed by atoms with Gasteiger partial charge in [-0.25, -0.2) is 9.18 Å². The standard InChI is InChI=1S/C11H8F3NO3/c1-2-17-10(16)7-4-8(12)9(18-11(13)14)3-6(7)5-15/h3-4,11H,2H2,1H3. The van der Waals surface area contributed by atoms with Crippen LogP contribution in [0.4, 0.5) is 13.2 Å². The van der Waals surface area contributed by atoms with Gasteiger partial charge in [0, 0.05) is 6.07 Å². The molecule has 0 aliphatic carbocycles. The fraction of sp³-hybridized carbons (Fsp3) is 0.273. The molecule has 0 amide bonds. The number of benzene rings is 1. The average molecular weight is 259 g/mol. The lowest BCUT2D eigenvalue weighted by Crippen LogP contribution is -2.10. The van der Waals surface area contributed by atoms with Crippen molar-refractivity contribution in [3.05, 3.63) is 29.1 Å². The summed E-state index contributed by atoms with van der Waals surface area (Å²) in [6.07, 6.45) is 0. The van der Waals surface area contributed by atoms with Gasteiger partial charge in [-0.15, -0.1) is 0 Å². The van der Waals surface area contributed by atoms with E-state index in [0.29, 0.717) is 6.07 Å². The first-order valence-corrected chi connectivity index (χ1v) is 4.85. The second kappa shape index (κ2) is 5.91. The summed E-state index contributed by atoms with van der Waals surface area (Å²) in [5.41, 5.74) is -0.635. The minimum atomic E-state index is -3.22. The maximum atomic E-state index is 13.4. The SMILES string of the molecule is CCOC(=O)c1cc(F)c(OC(F)F)cc1C#N. The second-order valence-electron chi connectivity index (χ2n) is 3.04. The van der Waals surface area contributed by atoms with Crippen molar-refractivity contribution in [2.24, 2.45) is 0 Å². The molecule has 0 atom stereocenters. The Bertz CT molecular complexity index is 497. The molecule has 0 saturated heterocycles. The van der Waals surface area contributed by atoms with Gasteiger partial charge in [0.25, 0.3) is 0 Å². The highest BCUT2D eigenvalue weighted by atomic mass is 19.3. The number of nitrogens with zero attached hydrogens (tertiary/aromatic N) is 1. The molecule has 0 unspecified atom stereocenters. The van der Waals surface area contributed by atoms with E-state index < -0.39 is 24.1 Å². The molecule has 0 aromatic heterocycles. The van der Waals surface area contributed by atoms with Crippen LogP contribution in [-0.4, -0.2) is 19.2 Å². The number of halogens is 3. The topological polar surface area (TPSA) is 59.3 Å². The molecule has 0 aliphatic rings. The van der Waals surface area contributed by atoms with Crippen molar-refractivity contribution < 1.29 is 27.4 Å². The number of nitriles is 1. The first kappa shape index (κ1) is 13.8. The van der Waals surface area contributed by atoms with E-state index in [4.69, 9.17) is 5.26 Å². The summed E-state index contributed by atoms with van der Waals surface area (Å²) in [6.45, 7) is -1.64. The van der Waals surface area contributed by atoms with Gasteiger partial charge >= 0.3 is 12.6 Å². The average Bonchev–Trinajstić information content (AvgIpc) is 2.31. The van der Waals surface area contributed by atoms with Gasteiger partial charge < -0.3 is 9.47 Å². The fourth-order valence-corrected chi connectivity index (χ4v) is 1.21. The van der Waals surface area contributed by atoms with Gasteiger partial charge in [-0.3, -0.25) is 0 Å². The Balaban J connectivity index is 3.19. The summed E-state index contributed by atoms with van der Waals surface area (Å²) in [5.74, 6) is -2.87. The molecule has 1 aromatic carbocycles. The van der Waals surface area contributed by atoms with Crippen molar-refractivity contribution in [2.75, 3.05) is 6.61 Å². The molecule has 0 fully saturated rings. The van der Waals surface area contributed by atoms with Crippen molar-refractivity contribution in [1.29, 1.82) is 5.26 Å². The van der Waals surface area contributed by atoms with Gasteiger partial charge in [0.2, 0.25) is 0 Å². The van der Waals surface area contributed by atoms with Crippen molar-refractivity contribution in [3.63, 3.8) is 0 Å². The van der Waals surface area contributed by atoms with Crippen molar-refractivity contribution in [1.82, 2.24) is 0 Å². The Morgan fingerprint density at radius 1 is 1.50 bits per heavy atom. The van der Waals surface area contributed by atoms with Crippen LogP contribution in [0.3, 0.4) is 0 Å². The lowest BCUT2D eigenvalue weighted by atomic mass is 10.1. The highest BCUT2D eigenvalue weighted by Crippen LogP contribution is 2.24. The van der Waals surface area contributed by atoms with Gasteiger partial charge in [0.1, 0.15) is 6.07 Å². The van der Waals surface area contributed by atoms with Gasteiger partial charge in [0.05, 0.1) is 17.7 Å². The van der Waals surface area contributed by atoms with Crippen molar-refractivity contribution >= 4 is 5.97 Å². The zero-order valence-corrected chi connectivity index (χ0v) is 9.25. The van der Waals surface area contributed by atoms with E-state index >= 15 is 0 Å². The third kappa shape index (κ3) is 3.13. The summed E-state index contributed by atoms with van der Waals surface area (Å²) < 4.78 is 45.7. The van der Waals surface area contributed by atoms with Crippen LogP contribution in [0.1, 0.15) is 22.8 Å². The van der Waals surface area contributed by atoms with E-state index in [0.717, 1.165) is 6.07 Å². The molecule has 0 bridgehead atoms. The molecule has 0 aliphatic heterocycles. The molecule has 0 saturated carbocycles. The largest absolute Gasteiger partial charge is 0.462 e. The van der Waals surface area contributed by atoms with Gasteiger partial charge in [0.15, 0.2) is 11.6 Å². The van der Waals surface area contributed by atoms with Crippen LogP contribution in [0.25, 0.3) is 0 Å². The maximum absolute atomic E-state index is 13.4. The second-order valence-corrected chi connectivity index (χ2v) is 3.04. The summed E-state index contributed by atoms with van der Waals surface area (Å²) in [4.78, 5) is 11.4. The molecule has 1 rings (SSSR count). The van der Waals surface area contributed by atoms with Crippen LogP contribution < -0.4 is 4.74 Å². The Morgan fingerprint density at radius 2 is 2.17 bits per heavy atom. The molecule has 0 radical (unpaired) electrons. The summed E-state index contributed by atoms with van der Waals surface area (Å²) in [6, 6.07) is 2.95. The molecule has 1 aromatic rings. The number of hydrogen-bond acceptors (Lipinski definition) is 4. The number of carbonyl (C=O) groups excluding carboxylic acids is 1. The lowest BCUT2D eigenvalue weighted by Gasteiger charge is -2.09. The number of alkyl halides is 2. The monoisotopic (exact) mass is 259 g/mol. The van der Waals surface area contributed by atoms with Gasteiger partial charge in [-0.05, 0) is 13.0 Å². The molecule has 96 valence electrons. The van der Waals surface area contributed by atoms with Gasteiger partial charge in [-0.1, -0.05) is 0 Å². The zero-order chi connectivity index (χ0) is 13.7. The molecule has 4 nitrogen and oxygen atoms in total. The number of hydrogen-bond donors (Lipinski definition) is 0. The Hall–Kier alpha value is -2.23. The smallest absolute Gasteiger partial charge is 0.387 e. The summed E-state index contributed by atoms with van der Waals surface area (Å²) in [7, 11) is 0. The predicted octanol–water partition coefficient (Wildman–Crippen LogP) is 2.48. The maximum Gasteiger partial charge on any atom is 0.387 e. The number of esters is 1. The predicted molar refractivity (Wildman–Crippen MR) is 53.7 cm³/mol. The number of ether oxygens (including phenoxy) is 2. The summed E-state index contributed by atoms with van der Waals surface area (Å²) >= 11 is 0. The van der Waals surface area contributed by atoms with Crippen LogP contribution in [0, 0.1) is 17.1 Å². The highest BCUT2D eigenvalue weighted by molar-refractivity contribution is 5.92. The zero-order valence-electron chi connectivity index (χ0n) is 9.25. The minimum absolute atomic E-state index is 0.0423. The minimum Gasteiger partial charge on any atom is -0.462 e. The number of carbonyl (C=O) groups is 1. The normalized spacial score (nSPS) is 10.0. The van der Waals surface area contributed by atoms with E-state index in [2.05, 4.69) is 9.47 Å². The van der Waals surface area contributed by atoms with E-state index in [1.54, 1.807) is 6.07 Å². The van der Waals surface area contributed by atoms with Gasteiger partial charge in [-0.2, -0.15) is 14.0 Å². The molecule has 0 N–H and O–H groups in total. The van der Waals surface area contributed by atoms with Crippen LogP contribution in [0.15, 0.2) is 12.1 Å². The molecular weight excluding hydrogens is 251 g/mol. The third-order valence-corrected chi connectivity index (χ3v) is 1.90. The van der Waals surface area contributed by atoms with Crippen LogP contribution in [0.5, 0.6) is 5.75 Å². The molecule has 0 heterocycles. The van der Waals surface area contributed by atoms with E-state index in [-0.39, 0.29) is 17.7 Å². The highest BCUT2D eigenvalue weighted by Gasteiger charge is 2.19. The first-order chi connectivity index (χ1) is 8.49. The quantitative estimate of drug-likeness (QED) is 0.779. The first-order valence-electron chi connectivity index (χ1n) is 4.85. The number of rotatable bonds is 4. The van der Waals surface area contributed by atoms with Crippen molar-refractivity contribution in [3.8, 4) is 11.8 Å². The summed E-state index contributed by atoms with van der Waals surface area (Å²) in [5, 5.41) is 8.76. The molecular formula is C11H8F3NO3. The Labute approximate surface area is 101 Å². The van der Waals surface area contributed by atoms with E-state index in [1.165, 1.54) is 6.92 Å². The molecule has 0 spiro atoms. The Morgan fingerprint density at radius 3 is 2.67 bits per heavy atom. The van der Waals surface area contributed by atoms with Crippen molar-refractivity contribution in [2.45, 2.75) is 13.5 Å². The molecule has 7 heteroatoms. The van der Waals surface area contributed by atoms with E-state index in [9.17, 15) is 18.0 Å². The lowest BCUT2D eigenvalue weighted by molar-refractivity contribution is -0.0522. The Kier molecular flexibility index (Phi) is 4.54. The van der Waals surface area contributed by atoms with Crippen LogP contribution >= 0.6 is 0 Å². The fourth-order valence-electron chi connectivity index (χ4n) is 1.21. The third-order valence-electron chi connectivity index (χ3n) is 1.90. The van der Waals surface area contributed by atoms with Crippen LogP contribution in [0.2, 0.25) is 0 Å². The molecule has 18 heavy (non-hydrogen) atoms. The van der Waals surface area contributed by atoms with Crippen LogP contribution in [-0.2, 0) is 4.74 Å². The van der Waals surface area contributed by atoms with E-state index in [1.807, 2.05) is 0 Å².